The molecule has 0 saturated heterocycles. The van der Waals surface area contributed by atoms with Gasteiger partial charge in [-0.25, -0.2) is 12.8 Å². The van der Waals surface area contributed by atoms with E-state index >= 15 is 0 Å². The molecule has 1 aromatic heterocycles. The van der Waals surface area contributed by atoms with Gasteiger partial charge in [-0.05, 0) is 43.2 Å². The third-order valence-corrected chi connectivity index (χ3v) is 7.22. The van der Waals surface area contributed by atoms with Crippen LogP contribution >= 0.6 is 0 Å². The summed E-state index contributed by atoms with van der Waals surface area (Å²) in [6.07, 6.45) is 4.04. The highest BCUT2D eigenvalue weighted by atomic mass is 32.2. The van der Waals surface area contributed by atoms with Crippen LogP contribution in [0.1, 0.15) is 42.4 Å². The molecule has 0 fully saturated rings. The Morgan fingerprint density at radius 3 is 2.74 bits per heavy atom. The monoisotopic (exact) mass is 442 g/mol. The van der Waals surface area contributed by atoms with Gasteiger partial charge in [-0.15, -0.1) is 10.2 Å². The summed E-state index contributed by atoms with van der Waals surface area (Å²) >= 11 is 0. The minimum Gasteiger partial charge on any atom is -0.319 e. The molecule has 1 aliphatic heterocycles. The van der Waals surface area contributed by atoms with Gasteiger partial charge in [0.25, 0.3) is 5.91 Å². The first-order valence-electron chi connectivity index (χ1n) is 10.3. The molecule has 0 radical (unpaired) electrons. The third kappa shape index (κ3) is 4.23. The van der Waals surface area contributed by atoms with Gasteiger partial charge in [-0.3, -0.25) is 4.79 Å². The maximum atomic E-state index is 14.5. The number of carbonyl (C=O) groups excluding carboxylic acids is 1. The number of aryl methyl sites for hydroxylation is 1. The third-order valence-electron chi connectivity index (χ3n) is 5.43. The number of fused-ring (bicyclic) bond motifs is 1. The molecule has 0 atom stereocenters. The van der Waals surface area contributed by atoms with Crippen LogP contribution in [-0.4, -0.2) is 34.8 Å². The van der Waals surface area contributed by atoms with Gasteiger partial charge >= 0.3 is 0 Å². The predicted molar refractivity (Wildman–Crippen MR) is 115 cm³/mol. The number of sulfone groups is 1. The van der Waals surface area contributed by atoms with E-state index in [1.54, 1.807) is 18.2 Å². The first-order chi connectivity index (χ1) is 14.9. The number of amides is 1. The van der Waals surface area contributed by atoms with E-state index in [9.17, 15) is 17.6 Å². The Labute approximate surface area is 180 Å². The van der Waals surface area contributed by atoms with E-state index in [1.165, 1.54) is 31.2 Å². The number of nitrogens with zero attached hydrogens (tertiary/aromatic N) is 3. The summed E-state index contributed by atoms with van der Waals surface area (Å²) in [4.78, 5) is 12.8. The van der Waals surface area contributed by atoms with Crippen LogP contribution in [0.15, 0.2) is 47.4 Å². The lowest BCUT2D eigenvalue weighted by Gasteiger charge is -2.12. The summed E-state index contributed by atoms with van der Waals surface area (Å²) in [7, 11) is -3.61. The van der Waals surface area contributed by atoms with Crippen molar-refractivity contribution in [2.45, 2.75) is 44.0 Å². The van der Waals surface area contributed by atoms with Gasteiger partial charge in [0.1, 0.15) is 11.6 Å². The van der Waals surface area contributed by atoms with Gasteiger partial charge < -0.3 is 9.88 Å². The van der Waals surface area contributed by atoms with Crippen LogP contribution in [0.4, 0.5) is 10.1 Å². The molecule has 162 valence electrons. The molecule has 2 aromatic carbocycles. The molecule has 7 nitrogen and oxygen atoms in total. The molecule has 0 unspecified atom stereocenters. The normalized spacial score (nSPS) is 14.0. The number of rotatable bonds is 5. The second kappa shape index (κ2) is 8.58. The van der Waals surface area contributed by atoms with Crippen molar-refractivity contribution in [2.24, 2.45) is 0 Å². The first-order valence-corrected chi connectivity index (χ1v) is 11.9. The van der Waals surface area contributed by atoms with E-state index in [4.69, 9.17) is 0 Å². The summed E-state index contributed by atoms with van der Waals surface area (Å²) in [6, 6.07) is 10.3. The highest BCUT2D eigenvalue weighted by Crippen LogP contribution is 2.27. The zero-order valence-electron chi connectivity index (χ0n) is 17.1. The van der Waals surface area contributed by atoms with Gasteiger partial charge in [-0.2, -0.15) is 0 Å². The van der Waals surface area contributed by atoms with Crippen LogP contribution < -0.4 is 5.32 Å². The van der Waals surface area contributed by atoms with Crippen LogP contribution in [0, 0.1) is 5.82 Å². The Balaban J connectivity index is 1.67. The molecule has 0 spiro atoms. The number of halogens is 1. The fourth-order valence-corrected chi connectivity index (χ4v) is 4.82. The quantitative estimate of drug-likeness (QED) is 0.648. The second-order valence-electron chi connectivity index (χ2n) is 7.45. The lowest BCUT2D eigenvalue weighted by molar-refractivity contribution is 0.102. The average molecular weight is 443 g/mol. The Morgan fingerprint density at radius 2 is 1.94 bits per heavy atom. The largest absolute Gasteiger partial charge is 0.319 e. The van der Waals surface area contributed by atoms with Crippen molar-refractivity contribution >= 4 is 21.4 Å². The van der Waals surface area contributed by atoms with Gasteiger partial charge in [0.15, 0.2) is 15.7 Å². The molecular formula is C22H23FN4O3S. The van der Waals surface area contributed by atoms with Crippen LogP contribution in [0.5, 0.6) is 0 Å². The molecule has 1 amide bonds. The summed E-state index contributed by atoms with van der Waals surface area (Å²) in [5, 5.41) is 11.1. The minimum absolute atomic E-state index is 0.0227. The molecule has 0 saturated carbocycles. The Hall–Kier alpha value is -3.07. The van der Waals surface area contributed by atoms with E-state index in [2.05, 4.69) is 15.5 Å². The number of carbonyl (C=O) groups is 1. The average Bonchev–Trinajstić information content (AvgIpc) is 3.03. The molecule has 1 N–H and O–H groups in total. The SMILES string of the molecule is CCS(=O)(=O)c1ccccc1C(=O)Nc1cc(-c2nnc3n2CCCCC3)ccc1F. The topological polar surface area (TPSA) is 93.9 Å². The summed E-state index contributed by atoms with van der Waals surface area (Å²) in [5.74, 6) is 0.0776. The maximum Gasteiger partial charge on any atom is 0.257 e. The maximum absolute atomic E-state index is 14.5. The van der Waals surface area contributed by atoms with E-state index in [0.29, 0.717) is 11.4 Å². The number of nitrogens with one attached hydrogen (secondary N) is 1. The number of hydrogen-bond donors (Lipinski definition) is 1. The van der Waals surface area contributed by atoms with Gasteiger partial charge in [0, 0.05) is 18.5 Å². The fraction of sp³-hybridized carbons (Fsp3) is 0.318. The molecular weight excluding hydrogens is 419 g/mol. The molecule has 31 heavy (non-hydrogen) atoms. The Morgan fingerprint density at radius 1 is 1.13 bits per heavy atom. The van der Waals surface area contributed by atoms with E-state index in [-0.39, 0.29) is 21.9 Å². The van der Waals surface area contributed by atoms with E-state index in [1.807, 2.05) is 4.57 Å². The lowest BCUT2D eigenvalue weighted by atomic mass is 10.1. The van der Waals surface area contributed by atoms with Crippen molar-refractivity contribution in [2.75, 3.05) is 11.1 Å². The molecule has 0 bridgehead atoms. The van der Waals surface area contributed by atoms with Crippen LogP contribution in [0.2, 0.25) is 0 Å². The number of aromatic nitrogens is 3. The van der Waals surface area contributed by atoms with Crippen molar-refractivity contribution in [3.05, 3.63) is 59.7 Å². The zero-order chi connectivity index (χ0) is 22.0. The predicted octanol–water partition coefficient (Wildman–Crippen LogP) is 3.86. The van der Waals surface area contributed by atoms with Gasteiger partial charge in [-0.1, -0.05) is 25.5 Å². The zero-order valence-corrected chi connectivity index (χ0v) is 18.0. The number of hydrogen-bond acceptors (Lipinski definition) is 5. The molecule has 3 aromatic rings. The van der Waals surface area contributed by atoms with Crippen LogP contribution in [-0.2, 0) is 22.8 Å². The summed E-state index contributed by atoms with van der Waals surface area (Å²) < 4.78 is 41.2. The number of anilines is 1. The highest BCUT2D eigenvalue weighted by molar-refractivity contribution is 7.91. The Kier molecular flexibility index (Phi) is 5.86. The highest BCUT2D eigenvalue weighted by Gasteiger charge is 2.22. The van der Waals surface area contributed by atoms with Crippen molar-refractivity contribution in [3.8, 4) is 11.4 Å². The Bertz CT molecular complexity index is 1240. The van der Waals surface area contributed by atoms with Gasteiger partial charge in [0.2, 0.25) is 0 Å². The minimum atomic E-state index is -3.61. The van der Waals surface area contributed by atoms with E-state index < -0.39 is 21.6 Å². The second-order valence-corrected chi connectivity index (χ2v) is 9.70. The molecule has 9 heteroatoms. The molecule has 2 heterocycles. The molecule has 4 rings (SSSR count). The van der Waals surface area contributed by atoms with Crippen molar-refractivity contribution < 1.29 is 17.6 Å². The van der Waals surface area contributed by atoms with Gasteiger partial charge in [0.05, 0.1) is 21.9 Å². The van der Waals surface area contributed by atoms with Crippen molar-refractivity contribution in [1.29, 1.82) is 0 Å². The summed E-state index contributed by atoms with van der Waals surface area (Å²) in [5.41, 5.74) is 0.564. The number of benzene rings is 2. The molecule has 0 aliphatic carbocycles. The fourth-order valence-electron chi connectivity index (χ4n) is 3.73. The smallest absolute Gasteiger partial charge is 0.257 e. The van der Waals surface area contributed by atoms with Crippen molar-refractivity contribution in [3.63, 3.8) is 0 Å². The lowest BCUT2D eigenvalue weighted by Crippen LogP contribution is -2.18. The van der Waals surface area contributed by atoms with Crippen LogP contribution in [0.3, 0.4) is 0 Å². The summed E-state index contributed by atoms with van der Waals surface area (Å²) in [6.45, 7) is 2.30. The van der Waals surface area contributed by atoms with E-state index in [0.717, 1.165) is 38.1 Å². The van der Waals surface area contributed by atoms with Crippen LogP contribution in [0.25, 0.3) is 11.4 Å². The standard InChI is InChI=1S/C22H23FN4O3S/c1-2-31(29,30)19-9-6-5-8-16(19)22(28)24-18-14-15(11-12-17(18)23)21-26-25-20-10-4-3-7-13-27(20)21/h5-6,8-9,11-12,14H,2-4,7,10,13H2,1H3,(H,24,28). The van der Waals surface area contributed by atoms with Crippen molar-refractivity contribution in [1.82, 2.24) is 14.8 Å². The first kappa shape index (κ1) is 21.2. The molecule has 1 aliphatic rings.